The molecule has 15 heteroatoms. The molecule has 0 atom stereocenters. The van der Waals surface area contributed by atoms with Gasteiger partial charge in [0.2, 0.25) is 0 Å². The fourth-order valence-corrected chi connectivity index (χ4v) is 2.30. The lowest BCUT2D eigenvalue weighted by Gasteiger charge is -2.22. The molecule has 0 aromatic carbocycles. The molecule has 0 radical (unpaired) electrons. The van der Waals surface area contributed by atoms with E-state index in [2.05, 4.69) is 5.10 Å². The molecule has 0 aliphatic heterocycles. The molecule has 0 saturated carbocycles. The van der Waals surface area contributed by atoms with E-state index in [1.807, 2.05) is 30.2 Å². The Morgan fingerprint density at radius 2 is 1.33 bits per heavy atom. The summed E-state index contributed by atoms with van der Waals surface area (Å²) in [6.45, 7) is 0. The molecule has 1 heterocycles. The third-order valence-corrected chi connectivity index (χ3v) is 4.21. The lowest BCUT2D eigenvalue weighted by atomic mass is 10.8. The highest BCUT2D eigenvalue weighted by atomic mass is 32.3. The lowest BCUT2D eigenvalue weighted by molar-refractivity contribution is -0.726. The van der Waals surface area contributed by atoms with Crippen molar-refractivity contribution >= 4 is 20.0 Å². The number of halogens is 6. The molecule has 0 aliphatic rings. The zero-order valence-corrected chi connectivity index (χ0v) is 11.5. The van der Waals surface area contributed by atoms with Crippen LogP contribution in [0.3, 0.4) is 0 Å². The van der Waals surface area contributed by atoms with Crippen LogP contribution < -0.4 is 4.68 Å². The van der Waals surface area contributed by atoms with Gasteiger partial charge >= 0.3 is 11.0 Å². The summed E-state index contributed by atoms with van der Waals surface area (Å²) in [4.78, 5) is 0. The van der Waals surface area contributed by atoms with Gasteiger partial charge in [-0.1, -0.05) is 0 Å². The van der Waals surface area contributed by atoms with E-state index in [9.17, 15) is 43.2 Å². The van der Waals surface area contributed by atoms with Gasteiger partial charge in [0.1, 0.15) is 0 Å². The molecule has 1 aromatic heterocycles. The Bertz CT molecular complexity index is 604. The van der Waals surface area contributed by atoms with Gasteiger partial charge in [-0.25, -0.2) is 16.8 Å². The first kappa shape index (κ1) is 19.7. The van der Waals surface area contributed by atoms with Gasteiger partial charge in [0.25, 0.3) is 0 Å². The Balaban J connectivity index is 0.000000547. The van der Waals surface area contributed by atoms with E-state index in [4.69, 9.17) is 0 Å². The summed E-state index contributed by atoms with van der Waals surface area (Å²) in [5, 5.41) is 2.92. The minimum Gasteiger partial charge on any atom is -0.421 e. The van der Waals surface area contributed by atoms with Gasteiger partial charge in [-0.05, 0) is 0 Å². The highest BCUT2D eigenvalue weighted by molar-refractivity contribution is 8.13. The Kier molecular flexibility index (Phi) is 5.79. The van der Waals surface area contributed by atoms with E-state index >= 15 is 0 Å². The number of aromatic amines is 1. The van der Waals surface area contributed by atoms with Crippen LogP contribution >= 0.6 is 0 Å². The minimum atomic E-state index is -6.72. The van der Waals surface area contributed by atoms with E-state index in [1.165, 1.54) is 0 Å². The Morgan fingerprint density at radius 3 is 1.48 bits per heavy atom. The zero-order valence-electron chi connectivity index (χ0n) is 9.84. The first-order valence-corrected chi connectivity index (χ1v) is 7.34. The first-order chi connectivity index (χ1) is 9.10. The molecule has 1 aromatic rings. The van der Waals surface area contributed by atoms with Crippen LogP contribution in [0.1, 0.15) is 0 Å². The molecule has 0 amide bonds. The second-order valence-electron chi connectivity index (χ2n) is 3.16. The maximum absolute atomic E-state index is 11.4. The quantitative estimate of drug-likeness (QED) is 0.623. The SMILES string of the molecule is C[n+]1ccc[nH]1.O=S(=O)([N-]S(=O)(=O)C(F)(F)F)C(F)(F)F. The van der Waals surface area contributed by atoms with Crippen molar-refractivity contribution in [3.05, 3.63) is 22.6 Å². The average Bonchev–Trinajstić information content (AvgIpc) is 2.64. The first-order valence-electron chi connectivity index (χ1n) is 4.46. The Labute approximate surface area is 114 Å². The minimum absolute atomic E-state index is 0.778. The molecule has 21 heavy (non-hydrogen) atoms. The van der Waals surface area contributed by atoms with Gasteiger partial charge in [0.05, 0.1) is 6.20 Å². The fourth-order valence-electron chi connectivity index (χ4n) is 0.589. The summed E-state index contributed by atoms with van der Waals surface area (Å²) < 4.78 is 111. The maximum atomic E-state index is 11.4. The van der Waals surface area contributed by atoms with Crippen molar-refractivity contribution in [1.82, 2.24) is 5.10 Å². The molecule has 1 N–H and O–H groups in total. The molecule has 0 aliphatic carbocycles. The van der Waals surface area contributed by atoms with Gasteiger partial charge < -0.3 is 4.13 Å². The smallest absolute Gasteiger partial charge is 0.421 e. The highest BCUT2D eigenvalue weighted by Crippen LogP contribution is 2.36. The van der Waals surface area contributed by atoms with E-state index < -0.39 is 31.1 Å². The van der Waals surface area contributed by atoms with Crippen molar-refractivity contribution in [2.75, 3.05) is 0 Å². The topological polar surface area (TPSA) is 102 Å². The van der Waals surface area contributed by atoms with E-state index in [-0.39, 0.29) is 0 Å². The average molecular weight is 363 g/mol. The van der Waals surface area contributed by atoms with Gasteiger partial charge in [-0.15, -0.1) is 4.68 Å². The van der Waals surface area contributed by atoms with Crippen molar-refractivity contribution in [1.29, 1.82) is 0 Å². The van der Waals surface area contributed by atoms with Crippen LogP contribution in [0.5, 0.6) is 0 Å². The van der Waals surface area contributed by atoms with Crippen LogP contribution in [-0.4, -0.2) is 33.0 Å². The molecule has 0 saturated heterocycles. The largest absolute Gasteiger partial charge is 0.480 e. The predicted octanol–water partition coefficient (Wildman–Crippen LogP) is 0.898. The van der Waals surface area contributed by atoms with Crippen LogP contribution in [0, 0.1) is 0 Å². The monoisotopic (exact) mass is 363 g/mol. The van der Waals surface area contributed by atoms with Crippen molar-refractivity contribution in [3.63, 3.8) is 0 Å². The van der Waals surface area contributed by atoms with E-state index in [0.717, 1.165) is 4.13 Å². The fraction of sp³-hybridized carbons (Fsp3) is 0.500. The number of hydrogen-bond donors (Lipinski definition) is 1. The number of nitrogens with zero attached hydrogens (tertiary/aromatic N) is 2. The molecule has 0 bridgehead atoms. The van der Waals surface area contributed by atoms with Crippen molar-refractivity contribution in [2.24, 2.45) is 7.05 Å². The van der Waals surface area contributed by atoms with Crippen LogP contribution in [-0.2, 0) is 27.1 Å². The number of nitrogens with one attached hydrogen (secondary N) is 1. The van der Waals surface area contributed by atoms with Gasteiger partial charge in [0.15, 0.2) is 33.3 Å². The second kappa shape index (κ2) is 6.18. The lowest BCUT2D eigenvalue weighted by Crippen LogP contribution is -2.30. The zero-order chi connectivity index (χ0) is 17.1. The second-order valence-corrected chi connectivity index (χ2v) is 6.59. The van der Waals surface area contributed by atoms with Crippen LogP contribution in [0.2, 0.25) is 0 Å². The summed E-state index contributed by atoms with van der Waals surface area (Å²) in [6, 6.07) is 1.94. The molecular weight excluding hydrogens is 356 g/mol. The summed E-state index contributed by atoms with van der Waals surface area (Å²) >= 11 is 0. The number of H-pyrrole nitrogens is 1. The number of hydrogen-bond acceptors (Lipinski definition) is 4. The molecule has 7 nitrogen and oxygen atoms in total. The van der Waals surface area contributed by atoms with E-state index in [1.54, 1.807) is 0 Å². The van der Waals surface area contributed by atoms with Crippen LogP contribution in [0.15, 0.2) is 18.5 Å². The normalized spacial score (nSPS) is 13.5. The summed E-state index contributed by atoms with van der Waals surface area (Å²) in [5.74, 6) is 0. The Hall–Kier alpha value is -1.35. The number of alkyl halides is 6. The Morgan fingerprint density at radius 1 is 0.952 bits per heavy atom. The third kappa shape index (κ3) is 5.88. The summed E-state index contributed by atoms with van der Waals surface area (Å²) in [5.41, 5.74) is -12.4. The van der Waals surface area contributed by atoms with Crippen LogP contribution in [0.4, 0.5) is 26.3 Å². The number of rotatable bonds is 2. The summed E-state index contributed by atoms with van der Waals surface area (Å²) in [6.07, 6.45) is 3.82. The molecule has 1 rings (SSSR count). The van der Waals surface area contributed by atoms with Crippen molar-refractivity contribution < 1.29 is 47.9 Å². The molecule has 124 valence electrons. The van der Waals surface area contributed by atoms with Crippen molar-refractivity contribution in [2.45, 2.75) is 11.0 Å². The van der Waals surface area contributed by atoms with E-state index in [0.29, 0.717) is 0 Å². The highest BCUT2D eigenvalue weighted by Gasteiger charge is 2.46. The molecule has 0 fully saturated rings. The molecular formula is C6H7F6N3O4S2. The van der Waals surface area contributed by atoms with Gasteiger partial charge in [0, 0.05) is 6.07 Å². The number of sulfonamides is 2. The number of aryl methyl sites for hydroxylation is 1. The van der Waals surface area contributed by atoms with Crippen molar-refractivity contribution in [3.8, 4) is 0 Å². The molecule has 0 unspecified atom stereocenters. The maximum Gasteiger partial charge on any atom is 0.480 e. The van der Waals surface area contributed by atoms with Crippen LogP contribution in [0.25, 0.3) is 4.13 Å². The predicted molar refractivity (Wildman–Crippen MR) is 55.3 cm³/mol. The number of aromatic nitrogens is 2. The molecule has 0 spiro atoms. The standard InChI is InChI=1S/C4H6N2.C2F6NO4S2/c1-6-4-2-3-5-6;3-1(4,5)14(10,11)9-15(12,13)2(6,7)8/h2-4H,1H3;/q;-1/p+1. The third-order valence-electron chi connectivity index (χ3n) is 1.47. The van der Waals surface area contributed by atoms with Gasteiger partial charge in [-0.2, -0.15) is 31.4 Å². The summed E-state index contributed by atoms with van der Waals surface area (Å²) in [7, 11) is -11.5. The van der Waals surface area contributed by atoms with Gasteiger partial charge in [-0.3, -0.25) is 0 Å².